The Kier molecular flexibility index (Phi) is 3.85. The van der Waals surface area contributed by atoms with Crippen molar-refractivity contribution in [2.75, 3.05) is 0 Å². The lowest BCUT2D eigenvalue weighted by atomic mass is 10.2. The number of benzene rings is 1. The summed E-state index contributed by atoms with van der Waals surface area (Å²) in [6.45, 7) is 5.29. The minimum atomic E-state index is -0.509. The second kappa shape index (κ2) is 5.42. The third kappa shape index (κ3) is 2.85. The molecule has 1 heterocycles. The van der Waals surface area contributed by atoms with Crippen LogP contribution in [0.2, 0.25) is 5.15 Å². The fourth-order valence-electron chi connectivity index (χ4n) is 1.58. The van der Waals surface area contributed by atoms with E-state index in [1.807, 2.05) is 0 Å². The molecule has 1 aromatic heterocycles. The predicted molar refractivity (Wildman–Crippen MR) is 74.4 cm³/mol. The van der Waals surface area contributed by atoms with E-state index in [2.05, 4.69) is 9.97 Å². The van der Waals surface area contributed by atoms with Gasteiger partial charge in [0.15, 0.2) is 5.15 Å². The molecule has 0 aliphatic heterocycles. The maximum Gasteiger partial charge on any atom is 0.311 e. The summed E-state index contributed by atoms with van der Waals surface area (Å²) < 4.78 is 5.45. The standard InChI is InChI=1S/C13H12ClN3O3/c1-7-4-5-11(10(6-7)17(18)19)20-13-12(14)15-8(2)9(3)16-13/h4-6H,1-3H3. The minimum absolute atomic E-state index is 0.0571. The smallest absolute Gasteiger partial charge is 0.311 e. The van der Waals surface area contributed by atoms with Crippen molar-refractivity contribution in [1.29, 1.82) is 0 Å². The average molecular weight is 294 g/mol. The van der Waals surface area contributed by atoms with E-state index in [0.29, 0.717) is 11.4 Å². The second-order valence-electron chi connectivity index (χ2n) is 4.32. The van der Waals surface area contributed by atoms with Crippen molar-refractivity contribution < 1.29 is 9.66 Å². The number of halogens is 1. The molecule has 6 nitrogen and oxygen atoms in total. The first-order valence-electron chi connectivity index (χ1n) is 5.82. The minimum Gasteiger partial charge on any atom is -0.429 e. The molecule has 20 heavy (non-hydrogen) atoms. The molecule has 0 aliphatic rings. The van der Waals surface area contributed by atoms with Gasteiger partial charge in [0.1, 0.15) is 0 Å². The summed E-state index contributed by atoms with van der Waals surface area (Å²) in [6, 6.07) is 4.66. The van der Waals surface area contributed by atoms with Crippen LogP contribution in [0, 0.1) is 30.9 Å². The molecule has 0 amide bonds. The van der Waals surface area contributed by atoms with Gasteiger partial charge >= 0.3 is 5.69 Å². The number of nitro benzene ring substituents is 1. The highest BCUT2D eigenvalue weighted by atomic mass is 35.5. The zero-order valence-corrected chi connectivity index (χ0v) is 11.9. The summed E-state index contributed by atoms with van der Waals surface area (Å²) in [5, 5.41) is 11.1. The highest BCUT2D eigenvalue weighted by molar-refractivity contribution is 6.30. The first-order chi connectivity index (χ1) is 9.38. The molecule has 0 unspecified atom stereocenters. The molecule has 0 N–H and O–H groups in total. The third-order valence-corrected chi connectivity index (χ3v) is 3.00. The molecular formula is C13H12ClN3O3. The molecule has 0 radical (unpaired) electrons. The van der Waals surface area contributed by atoms with Crippen LogP contribution in [-0.2, 0) is 0 Å². The van der Waals surface area contributed by atoms with Crippen molar-refractivity contribution in [3.63, 3.8) is 0 Å². The van der Waals surface area contributed by atoms with Gasteiger partial charge in [0, 0.05) is 6.07 Å². The fraction of sp³-hybridized carbons (Fsp3) is 0.231. The quantitative estimate of drug-likeness (QED) is 0.636. The molecule has 0 saturated carbocycles. The summed E-state index contributed by atoms with van der Waals surface area (Å²) in [6.07, 6.45) is 0. The summed E-state index contributed by atoms with van der Waals surface area (Å²) in [5.74, 6) is 0.141. The number of nitrogens with zero attached hydrogens (tertiary/aromatic N) is 3. The van der Waals surface area contributed by atoms with Gasteiger partial charge in [0.2, 0.25) is 5.75 Å². The number of rotatable bonds is 3. The molecule has 0 atom stereocenters. The van der Waals surface area contributed by atoms with E-state index in [9.17, 15) is 10.1 Å². The number of hydrogen-bond acceptors (Lipinski definition) is 5. The van der Waals surface area contributed by atoms with Crippen molar-refractivity contribution in [3.05, 3.63) is 50.4 Å². The maximum absolute atomic E-state index is 11.0. The maximum atomic E-state index is 11.0. The van der Waals surface area contributed by atoms with Crippen molar-refractivity contribution in [2.45, 2.75) is 20.8 Å². The van der Waals surface area contributed by atoms with Crippen LogP contribution in [0.3, 0.4) is 0 Å². The highest BCUT2D eigenvalue weighted by Gasteiger charge is 2.18. The molecule has 0 aliphatic carbocycles. The van der Waals surface area contributed by atoms with E-state index >= 15 is 0 Å². The number of aryl methyl sites for hydroxylation is 3. The topological polar surface area (TPSA) is 78.2 Å². The van der Waals surface area contributed by atoms with E-state index in [4.69, 9.17) is 16.3 Å². The van der Waals surface area contributed by atoms with Gasteiger partial charge in [-0.15, -0.1) is 0 Å². The Bertz CT molecular complexity index is 689. The molecule has 104 valence electrons. The Morgan fingerprint density at radius 2 is 1.85 bits per heavy atom. The third-order valence-electron chi connectivity index (χ3n) is 2.75. The fourth-order valence-corrected chi connectivity index (χ4v) is 1.79. The summed E-state index contributed by atoms with van der Waals surface area (Å²) in [4.78, 5) is 18.7. The van der Waals surface area contributed by atoms with Gasteiger partial charge in [0.25, 0.3) is 5.88 Å². The highest BCUT2D eigenvalue weighted by Crippen LogP contribution is 2.33. The van der Waals surface area contributed by atoms with Crippen LogP contribution in [0.5, 0.6) is 11.6 Å². The molecule has 0 saturated heterocycles. The Morgan fingerprint density at radius 1 is 1.20 bits per heavy atom. The van der Waals surface area contributed by atoms with Gasteiger partial charge in [-0.05, 0) is 32.4 Å². The normalized spacial score (nSPS) is 10.4. The van der Waals surface area contributed by atoms with E-state index in [-0.39, 0.29) is 22.5 Å². The predicted octanol–water partition coefficient (Wildman–Crippen LogP) is 3.76. The Hall–Kier alpha value is -2.21. The molecular weight excluding hydrogens is 282 g/mol. The molecule has 0 bridgehead atoms. The number of hydrogen-bond donors (Lipinski definition) is 0. The van der Waals surface area contributed by atoms with Gasteiger partial charge in [-0.25, -0.2) is 9.97 Å². The van der Waals surface area contributed by atoms with E-state index in [0.717, 1.165) is 5.56 Å². The lowest BCUT2D eigenvalue weighted by Crippen LogP contribution is -1.99. The SMILES string of the molecule is Cc1ccc(Oc2nc(C)c(C)nc2Cl)c([N+](=O)[O-])c1. The van der Waals surface area contributed by atoms with Crippen molar-refractivity contribution in [3.8, 4) is 11.6 Å². The zero-order chi connectivity index (χ0) is 14.9. The number of nitro groups is 1. The van der Waals surface area contributed by atoms with Crippen LogP contribution >= 0.6 is 11.6 Å². The summed E-state index contributed by atoms with van der Waals surface area (Å²) in [7, 11) is 0. The van der Waals surface area contributed by atoms with Gasteiger partial charge in [-0.1, -0.05) is 17.7 Å². The van der Waals surface area contributed by atoms with Crippen LogP contribution in [-0.4, -0.2) is 14.9 Å². The van der Waals surface area contributed by atoms with E-state index < -0.39 is 4.92 Å². The van der Waals surface area contributed by atoms with E-state index in [1.54, 1.807) is 26.8 Å². The lowest BCUT2D eigenvalue weighted by Gasteiger charge is -2.09. The molecule has 0 spiro atoms. The lowest BCUT2D eigenvalue weighted by molar-refractivity contribution is -0.385. The monoisotopic (exact) mass is 293 g/mol. The average Bonchev–Trinajstić information content (AvgIpc) is 2.37. The molecule has 2 rings (SSSR count). The number of ether oxygens (including phenoxy) is 1. The second-order valence-corrected chi connectivity index (χ2v) is 4.68. The Balaban J connectivity index is 2.45. The summed E-state index contributed by atoms with van der Waals surface area (Å²) in [5.41, 5.74) is 1.96. The first-order valence-corrected chi connectivity index (χ1v) is 6.20. The summed E-state index contributed by atoms with van der Waals surface area (Å²) >= 11 is 5.95. The van der Waals surface area contributed by atoms with Gasteiger partial charge < -0.3 is 4.74 Å². The van der Waals surface area contributed by atoms with Crippen LogP contribution in [0.4, 0.5) is 5.69 Å². The van der Waals surface area contributed by atoms with Crippen LogP contribution in [0.15, 0.2) is 18.2 Å². The van der Waals surface area contributed by atoms with Crippen LogP contribution < -0.4 is 4.74 Å². The van der Waals surface area contributed by atoms with Crippen molar-refractivity contribution >= 4 is 17.3 Å². The van der Waals surface area contributed by atoms with Gasteiger partial charge in [0.05, 0.1) is 16.3 Å². The zero-order valence-electron chi connectivity index (χ0n) is 11.2. The molecule has 0 fully saturated rings. The molecule has 7 heteroatoms. The van der Waals surface area contributed by atoms with Gasteiger partial charge in [-0.3, -0.25) is 10.1 Å². The molecule has 1 aromatic carbocycles. The number of aromatic nitrogens is 2. The van der Waals surface area contributed by atoms with E-state index in [1.165, 1.54) is 12.1 Å². The molecule has 2 aromatic rings. The Morgan fingerprint density at radius 3 is 2.50 bits per heavy atom. The van der Waals surface area contributed by atoms with Crippen molar-refractivity contribution in [2.24, 2.45) is 0 Å². The van der Waals surface area contributed by atoms with Crippen LogP contribution in [0.25, 0.3) is 0 Å². The van der Waals surface area contributed by atoms with Crippen LogP contribution in [0.1, 0.15) is 17.0 Å². The first kappa shape index (κ1) is 14.2. The Labute approximate surface area is 120 Å². The van der Waals surface area contributed by atoms with Crippen molar-refractivity contribution in [1.82, 2.24) is 9.97 Å². The van der Waals surface area contributed by atoms with Gasteiger partial charge in [-0.2, -0.15) is 0 Å². The largest absolute Gasteiger partial charge is 0.429 e.